The molecule has 0 heterocycles. The number of carbonyl (C=O) groups excluding carboxylic acids is 1. The van der Waals surface area contributed by atoms with Crippen LogP contribution in [0.3, 0.4) is 0 Å². The van der Waals surface area contributed by atoms with Crippen LogP contribution >= 0.6 is 0 Å². The van der Waals surface area contributed by atoms with Crippen molar-refractivity contribution in [1.29, 1.82) is 0 Å². The van der Waals surface area contributed by atoms with E-state index in [9.17, 15) is 4.79 Å². The maximum absolute atomic E-state index is 11.5. The Balaban J connectivity index is 1.81. The van der Waals surface area contributed by atoms with Gasteiger partial charge in [-0.3, -0.25) is 0 Å². The fourth-order valence-corrected chi connectivity index (χ4v) is 2.41. The summed E-state index contributed by atoms with van der Waals surface area (Å²) in [5.74, 6) is 0.886. The first-order valence-corrected chi connectivity index (χ1v) is 7.59. The Morgan fingerprint density at radius 2 is 1.90 bits per heavy atom. The van der Waals surface area contributed by atoms with Gasteiger partial charge in [-0.25, -0.2) is 4.79 Å². The monoisotopic (exact) mass is 276 g/mol. The molecule has 0 aromatic heterocycles. The lowest BCUT2D eigenvalue weighted by atomic mass is 9.98. The van der Waals surface area contributed by atoms with E-state index < -0.39 is 0 Å². The molecule has 1 aromatic carbocycles. The van der Waals surface area contributed by atoms with Crippen molar-refractivity contribution < 1.29 is 9.53 Å². The number of anilines is 1. The molecule has 1 aliphatic rings. The van der Waals surface area contributed by atoms with Gasteiger partial charge in [0.2, 0.25) is 0 Å². The maximum Gasteiger partial charge on any atom is 0.319 e. The fraction of sp³-hybridized carbons (Fsp3) is 0.562. The van der Waals surface area contributed by atoms with Gasteiger partial charge < -0.3 is 15.4 Å². The van der Waals surface area contributed by atoms with Crippen LogP contribution in [0.4, 0.5) is 10.5 Å². The third-order valence-electron chi connectivity index (χ3n) is 3.50. The van der Waals surface area contributed by atoms with Gasteiger partial charge in [0.1, 0.15) is 5.75 Å². The first-order valence-electron chi connectivity index (χ1n) is 7.59. The Hall–Kier alpha value is -1.71. The van der Waals surface area contributed by atoms with Gasteiger partial charge in [0.25, 0.3) is 0 Å². The van der Waals surface area contributed by atoms with Crippen LogP contribution in [-0.4, -0.2) is 18.7 Å². The first-order chi connectivity index (χ1) is 9.78. The van der Waals surface area contributed by atoms with Crippen LogP contribution in [0.5, 0.6) is 5.75 Å². The highest BCUT2D eigenvalue weighted by Crippen LogP contribution is 2.24. The Morgan fingerprint density at radius 1 is 1.20 bits per heavy atom. The molecule has 4 nitrogen and oxygen atoms in total. The largest absolute Gasteiger partial charge is 0.490 e. The van der Waals surface area contributed by atoms with Crippen LogP contribution in [0.15, 0.2) is 24.3 Å². The van der Waals surface area contributed by atoms with Crippen LogP contribution in [0.1, 0.15) is 45.4 Å². The summed E-state index contributed by atoms with van der Waals surface area (Å²) in [6.45, 7) is 2.71. The van der Waals surface area contributed by atoms with Gasteiger partial charge >= 0.3 is 6.03 Å². The molecule has 0 spiro atoms. The summed E-state index contributed by atoms with van der Waals surface area (Å²) in [6.07, 6.45) is 7.45. The number of amides is 2. The molecule has 1 saturated carbocycles. The second-order valence-corrected chi connectivity index (χ2v) is 5.28. The summed E-state index contributed by atoms with van der Waals surface area (Å²) in [5.41, 5.74) is 0.787. The maximum atomic E-state index is 11.5. The molecule has 1 aromatic rings. The van der Waals surface area contributed by atoms with Crippen LogP contribution in [0.2, 0.25) is 0 Å². The van der Waals surface area contributed by atoms with Gasteiger partial charge in [-0.2, -0.15) is 0 Å². The predicted octanol–water partition coefficient (Wildman–Crippen LogP) is 3.93. The highest BCUT2D eigenvalue weighted by atomic mass is 16.5. The van der Waals surface area contributed by atoms with Gasteiger partial charge in [0.05, 0.1) is 6.10 Å². The SMILES string of the molecule is CCCNC(=O)Nc1ccc(OC2CCCCC2)cc1. The zero-order chi connectivity index (χ0) is 14.2. The van der Waals surface area contributed by atoms with Crippen molar-refractivity contribution in [1.82, 2.24) is 5.32 Å². The zero-order valence-corrected chi connectivity index (χ0v) is 12.2. The molecule has 110 valence electrons. The quantitative estimate of drug-likeness (QED) is 0.856. The Labute approximate surface area is 120 Å². The molecule has 0 atom stereocenters. The minimum absolute atomic E-state index is 0.159. The normalized spacial score (nSPS) is 15.7. The molecule has 0 saturated heterocycles. The molecule has 2 rings (SSSR count). The molecule has 4 heteroatoms. The van der Waals surface area contributed by atoms with Gasteiger partial charge in [0.15, 0.2) is 0 Å². The average molecular weight is 276 g/mol. The van der Waals surface area contributed by atoms with Crippen molar-refractivity contribution in [3.8, 4) is 5.75 Å². The molecular weight excluding hydrogens is 252 g/mol. The van der Waals surface area contributed by atoms with Crippen LogP contribution in [0, 0.1) is 0 Å². The van der Waals surface area contributed by atoms with Crippen molar-refractivity contribution in [2.45, 2.75) is 51.6 Å². The molecule has 0 radical (unpaired) electrons. The third-order valence-corrected chi connectivity index (χ3v) is 3.50. The smallest absolute Gasteiger partial charge is 0.319 e. The van der Waals surface area contributed by atoms with E-state index in [1.807, 2.05) is 31.2 Å². The lowest BCUT2D eigenvalue weighted by molar-refractivity contribution is 0.155. The molecule has 2 amide bonds. The third kappa shape index (κ3) is 4.76. The zero-order valence-electron chi connectivity index (χ0n) is 12.2. The van der Waals surface area contributed by atoms with Crippen molar-refractivity contribution >= 4 is 11.7 Å². The van der Waals surface area contributed by atoms with E-state index in [1.165, 1.54) is 19.3 Å². The second-order valence-electron chi connectivity index (χ2n) is 5.28. The molecular formula is C16H24N2O2. The molecule has 0 aliphatic heterocycles. The summed E-state index contributed by atoms with van der Waals surface area (Å²) in [5, 5.41) is 5.58. The van der Waals surface area contributed by atoms with E-state index in [0.29, 0.717) is 12.6 Å². The Morgan fingerprint density at radius 3 is 2.55 bits per heavy atom. The van der Waals surface area contributed by atoms with E-state index >= 15 is 0 Å². The lowest BCUT2D eigenvalue weighted by Crippen LogP contribution is -2.29. The Bertz CT molecular complexity index is 411. The first kappa shape index (κ1) is 14.7. The summed E-state index contributed by atoms with van der Waals surface area (Å²) in [6, 6.07) is 7.44. The van der Waals surface area contributed by atoms with E-state index in [1.54, 1.807) is 0 Å². The fourth-order valence-electron chi connectivity index (χ4n) is 2.41. The standard InChI is InChI=1S/C16H24N2O2/c1-2-12-17-16(19)18-13-8-10-15(11-9-13)20-14-6-4-3-5-7-14/h8-11,14H,2-7,12H2,1H3,(H2,17,18,19). The number of rotatable bonds is 5. The Kier molecular flexibility index (Phi) is 5.71. The summed E-state index contributed by atoms with van der Waals surface area (Å²) >= 11 is 0. The van der Waals surface area contributed by atoms with Crippen LogP contribution in [-0.2, 0) is 0 Å². The average Bonchev–Trinajstić information content (AvgIpc) is 2.48. The van der Waals surface area contributed by atoms with Gasteiger partial charge in [-0.05, 0) is 56.4 Å². The van der Waals surface area contributed by atoms with Crippen LogP contribution in [0.25, 0.3) is 0 Å². The van der Waals surface area contributed by atoms with Gasteiger partial charge in [0, 0.05) is 12.2 Å². The van der Waals surface area contributed by atoms with E-state index in [2.05, 4.69) is 10.6 Å². The number of benzene rings is 1. The summed E-state index contributed by atoms with van der Waals surface area (Å²) in [4.78, 5) is 11.5. The minimum atomic E-state index is -0.159. The number of nitrogens with one attached hydrogen (secondary N) is 2. The second kappa shape index (κ2) is 7.78. The molecule has 0 unspecified atom stereocenters. The van der Waals surface area contributed by atoms with Crippen molar-refractivity contribution in [3.63, 3.8) is 0 Å². The number of ether oxygens (including phenoxy) is 1. The molecule has 0 bridgehead atoms. The molecule has 1 fully saturated rings. The highest BCUT2D eigenvalue weighted by Gasteiger charge is 2.14. The number of carbonyl (C=O) groups is 1. The molecule has 2 N–H and O–H groups in total. The number of hydrogen-bond acceptors (Lipinski definition) is 2. The number of urea groups is 1. The minimum Gasteiger partial charge on any atom is -0.490 e. The van der Waals surface area contributed by atoms with Crippen molar-refractivity contribution in [2.24, 2.45) is 0 Å². The topological polar surface area (TPSA) is 50.4 Å². The summed E-state index contributed by atoms with van der Waals surface area (Å²) in [7, 11) is 0. The molecule has 1 aliphatic carbocycles. The van der Waals surface area contributed by atoms with Crippen molar-refractivity contribution in [2.75, 3.05) is 11.9 Å². The number of hydrogen-bond donors (Lipinski definition) is 2. The van der Waals surface area contributed by atoms with E-state index in [0.717, 1.165) is 30.7 Å². The molecule has 20 heavy (non-hydrogen) atoms. The van der Waals surface area contributed by atoms with Gasteiger partial charge in [-0.1, -0.05) is 13.3 Å². The van der Waals surface area contributed by atoms with Crippen LogP contribution < -0.4 is 15.4 Å². The lowest BCUT2D eigenvalue weighted by Gasteiger charge is -2.23. The van der Waals surface area contributed by atoms with E-state index in [4.69, 9.17) is 4.74 Å². The van der Waals surface area contributed by atoms with Gasteiger partial charge in [-0.15, -0.1) is 0 Å². The van der Waals surface area contributed by atoms with E-state index in [-0.39, 0.29) is 6.03 Å². The predicted molar refractivity (Wildman–Crippen MR) is 81.3 cm³/mol. The highest BCUT2D eigenvalue weighted by molar-refractivity contribution is 5.89. The van der Waals surface area contributed by atoms with Crippen molar-refractivity contribution in [3.05, 3.63) is 24.3 Å². The summed E-state index contributed by atoms with van der Waals surface area (Å²) < 4.78 is 5.95.